The van der Waals surface area contributed by atoms with Crippen molar-refractivity contribution in [2.75, 3.05) is 31.5 Å². The molecule has 2 aromatic carbocycles. The largest absolute Gasteiger partial charge is 0.491 e. The molecule has 2 aromatic rings. The third-order valence-corrected chi connectivity index (χ3v) is 3.81. The summed E-state index contributed by atoms with van der Waals surface area (Å²) < 4.78 is 37.7. The summed E-state index contributed by atoms with van der Waals surface area (Å²) >= 11 is 0. The van der Waals surface area contributed by atoms with Gasteiger partial charge in [-0.25, -0.2) is 4.39 Å². The van der Waals surface area contributed by atoms with Gasteiger partial charge in [-0.15, -0.1) is 0 Å². The van der Waals surface area contributed by atoms with Crippen molar-refractivity contribution in [2.45, 2.75) is 0 Å². The van der Waals surface area contributed by atoms with Crippen LogP contribution in [0.25, 0.3) is 0 Å². The number of likely N-dealkylation sites (N-methyl/N-ethyl adjacent to an activating group) is 1. The third-order valence-electron chi connectivity index (χ3n) is 3.81. The minimum atomic E-state index is -1.06. The van der Waals surface area contributed by atoms with Crippen molar-refractivity contribution in [3.8, 4) is 11.5 Å². The molecule has 0 aliphatic heterocycles. The van der Waals surface area contributed by atoms with Crippen molar-refractivity contribution in [3.05, 3.63) is 60.2 Å². The van der Waals surface area contributed by atoms with Gasteiger partial charge in [0.15, 0.2) is 17.3 Å². The van der Waals surface area contributed by atoms with Crippen LogP contribution >= 0.6 is 0 Å². The van der Waals surface area contributed by atoms with Crippen molar-refractivity contribution in [3.63, 3.8) is 0 Å². The van der Waals surface area contributed by atoms with E-state index < -0.39 is 23.3 Å². The van der Waals surface area contributed by atoms with Gasteiger partial charge in [-0.3, -0.25) is 9.59 Å². The summed E-state index contributed by atoms with van der Waals surface area (Å²) in [7, 11) is 3.87. The summed E-state index contributed by atoms with van der Waals surface area (Å²) in [5.41, 5.74) is 0.591. The molecule has 0 aliphatic rings. The molecule has 0 atom stereocenters. The van der Waals surface area contributed by atoms with Crippen molar-refractivity contribution in [1.82, 2.24) is 0 Å². The molecule has 6 nitrogen and oxygen atoms in total. The molecule has 0 unspecified atom stereocenters. The number of halogens is 2. The molecule has 8 heteroatoms. The van der Waals surface area contributed by atoms with E-state index in [0.717, 1.165) is 13.2 Å². The van der Waals surface area contributed by atoms with Gasteiger partial charge in [-0.2, -0.15) is 4.39 Å². The molecule has 0 aromatic heterocycles. The van der Waals surface area contributed by atoms with E-state index in [0.29, 0.717) is 5.69 Å². The first-order valence-electron chi connectivity index (χ1n) is 7.75. The number of nitrogens with zero attached hydrogens (tertiary/aromatic N) is 1. The molecule has 1 N–H and O–H groups in total. The van der Waals surface area contributed by atoms with Crippen LogP contribution in [-0.4, -0.2) is 33.1 Å². The van der Waals surface area contributed by atoms with E-state index >= 15 is 0 Å². The van der Waals surface area contributed by atoms with Crippen LogP contribution in [0.1, 0.15) is 10.4 Å². The number of hydrogen-bond donors (Lipinski definition) is 1. The highest BCUT2D eigenvalue weighted by Gasteiger charge is 2.22. The van der Waals surface area contributed by atoms with Crippen LogP contribution in [0.2, 0.25) is 0 Å². The molecule has 27 heavy (non-hydrogen) atoms. The van der Waals surface area contributed by atoms with Gasteiger partial charge in [0.25, 0.3) is 5.91 Å². The summed E-state index contributed by atoms with van der Waals surface area (Å²) in [6, 6.07) is 6.97. The lowest BCUT2D eigenvalue weighted by Crippen LogP contribution is -2.23. The lowest BCUT2D eigenvalue weighted by Gasteiger charge is -2.16. The molecule has 142 valence electrons. The summed E-state index contributed by atoms with van der Waals surface area (Å²) in [6.45, 7) is 3.41. The molecule has 0 radical (unpaired) electrons. The van der Waals surface area contributed by atoms with Gasteiger partial charge >= 0.3 is 0 Å². The van der Waals surface area contributed by atoms with Crippen molar-refractivity contribution in [2.24, 2.45) is 0 Å². The first-order valence-corrected chi connectivity index (χ1v) is 7.75. The molecule has 0 heterocycles. The number of methoxy groups -OCH3 is 2. The lowest BCUT2D eigenvalue weighted by molar-refractivity contribution is -0.113. The number of ether oxygens (including phenoxy) is 2. The maximum Gasteiger partial charge on any atom is 0.255 e. The third kappa shape index (κ3) is 4.05. The Morgan fingerprint density at radius 1 is 1.11 bits per heavy atom. The van der Waals surface area contributed by atoms with Crippen LogP contribution in [-0.2, 0) is 4.79 Å². The van der Waals surface area contributed by atoms with E-state index in [-0.39, 0.29) is 22.9 Å². The second-order valence-corrected chi connectivity index (χ2v) is 5.39. The fraction of sp³-hybridized carbons (Fsp3) is 0.158. The zero-order valence-electron chi connectivity index (χ0n) is 15.0. The highest BCUT2D eigenvalue weighted by atomic mass is 19.1. The van der Waals surface area contributed by atoms with Gasteiger partial charge in [-0.1, -0.05) is 6.58 Å². The molecule has 2 amide bonds. The Labute approximate surface area is 155 Å². The van der Waals surface area contributed by atoms with Crippen molar-refractivity contribution < 1.29 is 27.8 Å². The summed E-state index contributed by atoms with van der Waals surface area (Å²) in [4.78, 5) is 25.3. The smallest absolute Gasteiger partial charge is 0.255 e. The molecule has 0 bridgehead atoms. The maximum absolute atomic E-state index is 14.2. The minimum absolute atomic E-state index is 0.179. The average molecular weight is 376 g/mol. The summed E-state index contributed by atoms with van der Waals surface area (Å²) in [6.07, 6.45) is 1.17. The lowest BCUT2D eigenvalue weighted by atomic mass is 10.1. The van der Waals surface area contributed by atoms with Crippen LogP contribution in [0.15, 0.2) is 43.0 Å². The van der Waals surface area contributed by atoms with E-state index in [1.807, 2.05) is 0 Å². The SMILES string of the molecule is C=CC(=O)N(C)c1ccc(C(=O)Nc2cc(F)c(OC)c(F)c2OC)cc1. The van der Waals surface area contributed by atoms with Crippen LogP contribution in [0.4, 0.5) is 20.2 Å². The van der Waals surface area contributed by atoms with Gasteiger partial charge in [0, 0.05) is 24.4 Å². The van der Waals surface area contributed by atoms with Crippen molar-refractivity contribution >= 4 is 23.2 Å². The zero-order chi connectivity index (χ0) is 20.1. The number of hydrogen-bond acceptors (Lipinski definition) is 4. The Morgan fingerprint density at radius 3 is 2.22 bits per heavy atom. The van der Waals surface area contributed by atoms with Gasteiger partial charge in [-0.05, 0) is 30.3 Å². The van der Waals surface area contributed by atoms with Crippen LogP contribution in [0.3, 0.4) is 0 Å². The van der Waals surface area contributed by atoms with Gasteiger partial charge in [0.2, 0.25) is 11.7 Å². The molecular weight excluding hydrogens is 358 g/mol. The van der Waals surface area contributed by atoms with Gasteiger partial charge < -0.3 is 19.7 Å². The molecule has 0 saturated carbocycles. The Bertz CT molecular complexity index is 882. The topological polar surface area (TPSA) is 67.9 Å². The highest BCUT2D eigenvalue weighted by Crippen LogP contribution is 2.36. The first kappa shape index (κ1) is 19.9. The first-order chi connectivity index (χ1) is 12.8. The van der Waals surface area contributed by atoms with Gasteiger partial charge in [0.05, 0.1) is 19.9 Å². The predicted molar refractivity (Wildman–Crippen MR) is 97.5 cm³/mol. The normalized spacial score (nSPS) is 10.1. The summed E-state index contributed by atoms with van der Waals surface area (Å²) in [5, 5.41) is 2.40. The van der Waals surface area contributed by atoms with E-state index in [1.54, 1.807) is 19.2 Å². The molecule has 0 saturated heterocycles. The molecule has 2 rings (SSSR count). The maximum atomic E-state index is 14.2. The fourth-order valence-corrected chi connectivity index (χ4v) is 2.36. The minimum Gasteiger partial charge on any atom is -0.491 e. The molecule has 0 aliphatic carbocycles. The summed E-state index contributed by atoms with van der Waals surface area (Å²) in [5.74, 6) is -3.91. The second kappa shape index (κ2) is 8.31. The molecule has 0 fully saturated rings. The number of amides is 2. The van der Waals surface area contributed by atoms with Crippen LogP contribution < -0.4 is 19.7 Å². The molecule has 0 spiro atoms. The highest BCUT2D eigenvalue weighted by molar-refractivity contribution is 6.06. The Hall–Kier alpha value is -3.42. The van der Waals surface area contributed by atoms with E-state index in [1.165, 1.54) is 30.2 Å². The quantitative estimate of drug-likeness (QED) is 0.785. The fourth-order valence-electron chi connectivity index (χ4n) is 2.36. The Kier molecular flexibility index (Phi) is 6.12. The number of anilines is 2. The number of carbonyl (C=O) groups is 2. The Morgan fingerprint density at radius 2 is 1.70 bits per heavy atom. The average Bonchev–Trinajstić information content (AvgIpc) is 2.67. The van der Waals surface area contributed by atoms with E-state index in [9.17, 15) is 18.4 Å². The predicted octanol–water partition coefficient (Wildman–Crippen LogP) is 3.38. The Balaban J connectivity index is 2.27. The second-order valence-electron chi connectivity index (χ2n) is 5.39. The monoisotopic (exact) mass is 376 g/mol. The van der Waals surface area contributed by atoms with E-state index in [4.69, 9.17) is 4.74 Å². The molecular formula is C19H18F2N2O4. The van der Waals surface area contributed by atoms with E-state index in [2.05, 4.69) is 16.6 Å². The number of carbonyl (C=O) groups excluding carboxylic acids is 2. The zero-order valence-corrected chi connectivity index (χ0v) is 15.0. The number of benzene rings is 2. The van der Waals surface area contributed by atoms with Gasteiger partial charge in [0.1, 0.15) is 0 Å². The van der Waals surface area contributed by atoms with Crippen LogP contribution in [0.5, 0.6) is 11.5 Å². The van der Waals surface area contributed by atoms with Crippen molar-refractivity contribution in [1.29, 1.82) is 0 Å². The number of nitrogens with one attached hydrogen (secondary N) is 1. The number of rotatable bonds is 6. The van der Waals surface area contributed by atoms with Crippen LogP contribution in [0, 0.1) is 11.6 Å². The standard InChI is InChI=1S/C19H18F2N2O4/c1-5-15(24)23(2)12-8-6-11(7-9-12)19(25)22-14-10-13(20)17(26-3)16(21)18(14)27-4/h5-10H,1H2,2-4H3,(H,22,25).